The smallest absolute Gasteiger partial charge is 0.240 e. The monoisotopic (exact) mass is 402 g/mol. The fraction of sp³-hybridized carbons (Fsp3) is 0.500. The molecule has 0 spiro atoms. The van der Waals surface area contributed by atoms with Crippen molar-refractivity contribution >= 4 is 50.0 Å². The lowest BCUT2D eigenvalue weighted by molar-refractivity contribution is 0.328. The van der Waals surface area contributed by atoms with Gasteiger partial charge >= 0.3 is 0 Å². The first-order valence-corrected chi connectivity index (χ1v) is 8.73. The molecule has 0 radical (unpaired) electrons. The first-order valence-electron chi connectivity index (χ1n) is 6.08. The highest BCUT2D eigenvalue weighted by molar-refractivity contribution is 9.10. The number of sulfonamides is 1. The van der Waals surface area contributed by atoms with Crippen molar-refractivity contribution in [3.05, 3.63) is 27.7 Å². The molecular formula is C12H17BrCl2N2O2S. The molecule has 8 heteroatoms. The normalized spacial score (nSPS) is 23.1. The van der Waals surface area contributed by atoms with Crippen LogP contribution in [0.3, 0.4) is 0 Å². The quantitative estimate of drug-likeness (QED) is 0.815. The second-order valence-corrected chi connectivity index (χ2v) is 7.75. The Kier molecular flexibility index (Phi) is 6.76. The first-order chi connectivity index (χ1) is 8.90. The third-order valence-electron chi connectivity index (χ3n) is 3.29. The van der Waals surface area contributed by atoms with Crippen molar-refractivity contribution in [2.75, 3.05) is 13.1 Å². The van der Waals surface area contributed by atoms with E-state index in [1.807, 2.05) is 6.92 Å². The van der Waals surface area contributed by atoms with E-state index in [0.717, 1.165) is 19.5 Å². The molecule has 1 aliphatic rings. The van der Waals surface area contributed by atoms with Gasteiger partial charge in [0.2, 0.25) is 10.0 Å². The molecule has 0 bridgehead atoms. The van der Waals surface area contributed by atoms with Gasteiger partial charge in [-0.1, -0.05) is 18.5 Å². The average molecular weight is 404 g/mol. The summed E-state index contributed by atoms with van der Waals surface area (Å²) >= 11 is 9.12. The predicted octanol–water partition coefficient (Wildman–Crippen LogP) is 2.80. The van der Waals surface area contributed by atoms with Crippen molar-refractivity contribution in [1.29, 1.82) is 0 Å². The van der Waals surface area contributed by atoms with Crippen LogP contribution in [0.5, 0.6) is 0 Å². The van der Waals surface area contributed by atoms with E-state index < -0.39 is 10.0 Å². The van der Waals surface area contributed by atoms with Crippen molar-refractivity contribution < 1.29 is 8.42 Å². The lowest BCUT2D eigenvalue weighted by Crippen LogP contribution is -2.48. The number of hydrogen-bond donors (Lipinski definition) is 2. The molecule has 0 saturated carbocycles. The van der Waals surface area contributed by atoms with Gasteiger partial charge in [-0.05, 0) is 59.6 Å². The fourth-order valence-electron chi connectivity index (χ4n) is 2.10. The molecule has 114 valence electrons. The van der Waals surface area contributed by atoms with Gasteiger partial charge < -0.3 is 5.32 Å². The van der Waals surface area contributed by atoms with E-state index in [0.29, 0.717) is 9.50 Å². The minimum Gasteiger partial charge on any atom is -0.316 e. The van der Waals surface area contributed by atoms with Crippen LogP contribution in [-0.4, -0.2) is 27.5 Å². The van der Waals surface area contributed by atoms with Crippen LogP contribution in [0, 0.1) is 5.92 Å². The molecule has 1 fully saturated rings. The number of nitrogens with one attached hydrogen (secondary N) is 2. The van der Waals surface area contributed by atoms with Crippen LogP contribution in [0.25, 0.3) is 0 Å². The fourth-order valence-corrected chi connectivity index (χ4v) is 4.15. The summed E-state index contributed by atoms with van der Waals surface area (Å²) in [5, 5.41) is 3.74. The molecule has 2 unspecified atom stereocenters. The molecule has 1 heterocycles. The summed E-state index contributed by atoms with van der Waals surface area (Å²) in [5.41, 5.74) is 0. The van der Waals surface area contributed by atoms with Gasteiger partial charge in [-0.15, -0.1) is 12.4 Å². The lowest BCUT2D eigenvalue weighted by atomic mass is 9.97. The molecule has 4 nitrogen and oxygen atoms in total. The summed E-state index contributed by atoms with van der Waals surface area (Å²) in [6.07, 6.45) is 0.801. The number of rotatable bonds is 3. The van der Waals surface area contributed by atoms with Gasteiger partial charge in [-0.25, -0.2) is 13.1 Å². The van der Waals surface area contributed by atoms with E-state index in [9.17, 15) is 8.42 Å². The van der Waals surface area contributed by atoms with Gasteiger partial charge in [-0.3, -0.25) is 0 Å². The van der Waals surface area contributed by atoms with Crippen LogP contribution in [0.4, 0.5) is 0 Å². The molecule has 1 saturated heterocycles. The van der Waals surface area contributed by atoms with E-state index in [-0.39, 0.29) is 29.3 Å². The molecule has 1 aromatic rings. The molecule has 20 heavy (non-hydrogen) atoms. The minimum atomic E-state index is -3.50. The summed E-state index contributed by atoms with van der Waals surface area (Å²) in [5.74, 6) is 0.277. The predicted molar refractivity (Wildman–Crippen MR) is 87.2 cm³/mol. The van der Waals surface area contributed by atoms with E-state index in [1.165, 1.54) is 12.1 Å². The molecule has 0 aliphatic carbocycles. The van der Waals surface area contributed by atoms with Gasteiger partial charge in [0.05, 0.1) is 9.92 Å². The van der Waals surface area contributed by atoms with Gasteiger partial charge in [0.25, 0.3) is 0 Å². The second kappa shape index (κ2) is 7.42. The molecule has 2 N–H and O–H groups in total. The van der Waals surface area contributed by atoms with E-state index >= 15 is 0 Å². The summed E-state index contributed by atoms with van der Waals surface area (Å²) < 4.78 is 28.0. The number of halogens is 3. The van der Waals surface area contributed by atoms with Gasteiger partial charge in [-0.2, -0.15) is 0 Å². The van der Waals surface area contributed by atoms with E-state index in [2.05, 4.69) is 26.0 Å². The number of hydrogen-bond acceptors (Lipinski definition) is 3. The van der Waals surface area contributed by atoms with Crippen LogP contribution in [0.2, 0.25) is 5.02 Å². The third kappa shape index (κ3) is 4.32. The average Bonchev–Trinajstić information content (AvgIpc) is 2.35. The maximum Gasteiger partial charge on any atom is 0.240 e. The van der Waals surface area contributed by atoms with Gasteiger partial charge in [0, 0.05) is 10.5 Å². The lowest BCUT2D eigenvalue weighted by Gasteiger charge is -2.29. The molecule has 0 aromatic heterocycles. The summed E-state index contributed by atoms with van der Waals surface area (Å²) in [6, 6.07) is 4.59. The van der Waals surface area contributed by atoms with E-state index in [4.69, 9.17) is 11.6 Å². The van der Waals surface area contributed by atoms with Crippen molar-refractivity contribution in [3.8, 4) is 0 Å². The largest absolute Gasteiger partial charge is 0.316 e. The van der Waals surface area contributed by atoms with Crippen LogP contribution in [0.1, 0.15) is 13.3 Å². The number of piperidine rings is 1. The van der Waals surface area contributed by atoms with Crippen LogP contribution in [-0.2, 0) is 10.0 Å². The van der Waals surface area contributed by atoms with Crippen molar-refractivity contribution in [3.63, 3.8) is 0 Å². The maximum atomic E-state index is 12.3. The van der Waals surface area contributed by atoms with Crippen molar-refractivity contribution in [2.24, 2.45) is 5.92 Å². The Hall–Kier alpha value is 0.150. The highest BCUT2D eigenvalue weighted by Crippen LogP contribution is 2.25. The Morgan fingerprint density at radius 1 is 1.45 bits per heavy atom. The van der Waals surface area contributed by atoms with Crippen LogP contribution < -0.4 is 10.0 Å². The zero-order valence-corrected chi connectivity index (χ0v) is 14.9. The molecular weight excluding hydrogens is 387 g/mol. The first kappa shape index (κ1) is 18.2. The summed E-state index contributed by atoms with van der Waals surface area (Å²) in [7, 11) is -3.50. The SMILES string of the molecule is CC1CNCCC1NS(=O)(=O)c1ccc(Cl)c(Br)c1.Cl. The number of benzene rings is 1. The highest BCUT2D eigenvalue weighted by Gasteiger charge is 2.26. The topological polar surface area (TPSA) is 58.2 Å². The second-order valence-electron chi connectivity index (χ2n) is 4.77. The molecule has 0 amide bonds. The molecule has 1 aliphatic heterocycles. The van der Waals surface area contributed by atoms with Gasteiger partial charge in [0.1, 0.15) is 0 Å². The third-order valence-corrected chi connectivity index (χ3v) is 5.99. The Bertz CT molecular complexity index is 569. The van der Waals surface area contributed by atoms with Crippen LogP contribution in [0.15, 0.2) is 27.6 Å². The molecule has 2 rings (SSSR count). The Morgan fingerprint density at radius 3 is 2.75 bits per heavy atom. The maximum absolute atomic E-state index is 12.3. The van der Waals surface area contributed by atoms with Crippen molar-refractivity contribution in [2.45, 2.75) is 24.3 Å². The van der Waals surface area contributed by atoms with Gasteiger partial charge in [0.15, 0.2) is 0 Å². The van der Waals surface area contributed by atoms with E-state index in [1.54, 1.807) is 6.07 Å². The highest BCUT2D eigenvalue weighted by atomic mass is 79.9. The minimum absolute atomic E-state index is 0. The summed E-state index contributed by atoms with van der Waals surface area (Å²) in [6.45, 7) is 3.70. The Balaban J connectivity index is 0.00000200. The van der Waals surface area contributed by atoms with Crippen molar-refractivity contribution in [1.82, 2.24) is 10.0 Å². The Morgan fingerprint density at radius 2 is 2.15 bits per heavy atom. The summed E-state index contributed by atoms with van der Waals surface area (Å²) in [4.78, 5) is 0.231. The molecule has 1 aromatic carbocycles. The Labute approximate surface area is 139 Å². The zero-order valence-electron chi connectivity index (χ0n) is 10.9. The zero-order chi connectivity index (χ0) is 14.0. The molecule has 2 atom stereocenters. The standard InChI is InChI=1S/C12H16BrClN2O2S.ClH/c1-8-7-15-5-4-12(8)16-19(17,18)9-2-3-11(14)10(13)6-9;/h2-3,6,8,12,15-16H,4-5,7H2,1H3;1H. The van der Waals surface area contributed by atoms with Crippen LogP contribution >= 0.6 is 39.9 Å².